The molecular formula is C18H19N3O2. The quantitative estimate of drug-likeness (QED) is 0.678. The van der Waals surface area contributed by atoms with Gasteiger partial charge in [0.1, 0.15) is 0 Å². The number of hydrogen-bond donors (Lipinski definition) is 3. The lowest BCUT2D eigenvalue weighted by Gasteiger charge is -2.09. The van der Waals surface area contributed by atoms with Gasteiger partial charge in [0.15, 0.2) is 0 Å². The van der Waals surface area contributed by atoms with Crippen LogP contribution in [0.15, 0.2) is 54.7 Å². The molecule has 5 nitrogen and oxygen atoms in total. The Balaban J connectivity index is 1.84. The third-order valence-electron chi connectivity index (χ3n) is 3.86. The third kappa shape index (κ3) is 3.52. The highest BCUT2D eigenvalue weighted by molar-refractivity contribution is 5.81. The Kier molecular flexibility index (Phi) is 4.30. The molecule has 0 saturated heterocycles. The van der Waals surface area contributed by atoms with Crippen LogP contribution in [0.3, 0.4) is 0 Å². The highest BCUT2D eigenvalue weighted by Crippen LogP contribution is 2.19. The summed E-state index contributed by atoms with van der Waals surface area (Å²) in [4.78, 5) is 10.6. The Morgan fingerprint density at radius 1 is 1.09 bits per heavy atom. The number of nitrogens with zero attached hydrogens (tertiary/aromatic N) is 1. The molecular weight excluding hydrogens is 290 g/mol. The molecule has 0 fully saturated rings. The van der Waals surface area contributed by atoms with Gasteiger partial charge in [-0.15, -0.1) is 0 Å². The van der Waals surface area contributed by atoms with Gasteiger partial charge in [0, 0.05) is 31.3 Å². The van der Waals surface area contributed by atoms with Crippen molar-refractivity contribution in [1.29, 1.82) is 0 Å². The van der Waals surface area contributed by atoms with E-state index in [9.17, 15) is 4.79 Å². The molecule has 5 heteroatoms. The van der Waals surface area contributed by atoms with Gasteiger partial charge in [0.05, 0.1) is 0 Å². The van der Waals surface area contributed by atoms with E-state index >= 15 is 0 Å². The van der Waals surface area contributed by atoms with Gasteiger partial charge in [-0.1, -0.05) is 36.4 Å². The first-order valence-electron chi connectivity index (χ1n) is 7.48. The molecule has 1 amide bonds. The van der Waals surface area contributed by atoms with E-state index in [0.29, 0.717) is 13.1 Å². The van der Waals surface area contributed by atoms with Gasteiger partial charge in [0.2, 0.25) is 0 Å². The number of hydrogen-bond acceptors (Lipinski definition) is 2. The van der Waals surface area contributed by atoms with Crippen LogP contribution in [0.5, 0.6) is 0 Å². The van der Waals surface area contributed by atoms with Crippen LogP contribution in [-0.4, -0.2) is 15.8 Å². The summed E-state index contributed by atoms with van der Waals surface area (Å²) < 4.78 is 2.18. The highest BCUT2D eigenvalue weighted by Gasteiger charge is 2.04. The van der Waals surface area contributed by atoms with Crippen molar-refractivity contribution in [2.24, 2.45) is 5.73 Å². The zero-order chi connectivity index (χ0) is 16.2. The van der Waals surface area contributed by atoms with Crippen molar-refractivity contribution in [2.45, 2.75) is 19.6 Å². The van der Waals surface area contributed by atoms with E-state index in [4.69, 9.17) is 10.8 Å². The van der Waals surface area contributed by atoms with Crippen molar-refractivity contribution in [3.05, 3.63) is 71.4 Å². The molecule has 0 bridgehead atoms. The zero-order valence-electron chi connectivity index (χ0n) is 12.7. The largest absolute Gasteiger partial charge is 0.465 e. The predicted octanol–water partition coefficient (Wildman–Crippen LogP) is 2.92. The van der Waals surface area contributed by atoms with Crippen LogP contribution in [-0.2, 0) is 19.6 Å². The summed E-state index contributed by atoms with van der Waals surface area (Å²) in [5.41, 5.74) is 10.1. The first kappa shape index (κ1) is 15.1. The van der Waals surface area contributed by atoms with Crippen molar-refractivity contribution in [3.8, 4) is 0 Å². The number of fused-ring (bicyclic) bond motifs is 1. The van der Waals surface area contributed by atoms with Gasteiger partial charge >= 0.3 is 6.09 Å². The van der Waals surface area contributed by atoms with Crippen LogP contribution in [0, 0.1) is 0 Å². The van der Waals surface area contributed by atoms with E-state index in [0.717, 1.165) is 28.8 Å². The van der Waals surface area contributed by atoms with Crippen LogP contribution in [0.25, 0.3) is 10.9 Å². The molecule has 4 N–H and O–H groups in total. The molecule has 0 atom stereocenters. The number of benzene rings is 2. The first-order chi connectivity index (χ1) is 11.2. The van der Waals surface area contributed by atoms with Gasteiger partial charge in [-0.2, -0.15) is 0 Å². The molecule has 23 heavy (non-hydrogen) atoms. The fourth-order valence-electron chi connectivity index (χ4n) is 2.71. The van der Waals surface area contributed by atoms with E-state index < -0.39 is 6.09 Å². The molecule has 0 saturated carbocycles. The van der Waals surface area contributed by atoms with Crippen LogP contribution in [0.4, 0.5) is 4.79 Å². The van der Waals surface area contributed by atoms with Crippen LogP contribution < -0.4 is 11.1 Å². The number of amides is 1. The molecule has 3 aromatic rings. The lowest BCUT2D eigenvalue weighted by atomic mass is 10.1. The van der Waals surface area contributed by atoms with Gasteiger partial charge in [-0.05, 0) is 34.2 Å². The van der Waals surface area contributed by atoms with Gasteiger partial charge in [-0.3, -0.25) is 0 Å². The van der Waals surface area contributed by atoms with Crippen LogP contribution >= 0.6 is 0 Å². The average molecular weight is 309 g/mol. The number of nitrogens with two attached hydrogens (primary N) is 1. The molecule has 1 heterocycles. The fourth-order valence-corrected chi connectivity index (χ4v) is 2.71. The maximum absolute atomic E-state index is 10.6. The van der Waals surface area contributed by atoms with Crippen molar-refractivity contribution in [3.63, 3.8) is 0 Å². The Hall–Kier alpha value is -2.79. The Labute approximate surface area is 134 Å². The van der Waals surface area contributed by atoms with Gasteiger partial charge < -0.3 is 20.7 Å². The molecule has 118 valence electrons. The Morgan fingerprint density at radius 2 is 1.91 bits per heavy atom. The SMILES string of the molecule is NCc1ccc2ccn(Cc3cccc(CNC(=O)O)c3)c2c1. The number of rotatable bonds is 5. The number of nitrogens with one attached hydrogen (secondary N) is 1. The summed E-state index contributed by atoms with van der Waals surface area (Å²) in [7, 11) is 0. The second-order valence-corrected chi connectivity index (χ2v) is 5.52. The molecule has 0 spiro atoms. The lowest BCUT2D eigenvalue weighted by molar-refractivity contribution is 0.194. The van der Waals surface area contributed by atoms with Gasteiger partial charge in [-0.25, -0.2) is 4.79 Å². The van der Waals surface area contributed by atoms with Crippen LogP contribution in [0.1, 0.15) is 16.7 Å². The second-order valence-electron chi connectivity index (χ2n) is 5.52. The Bertz CT molecular complexity index is 839. The minimum absolute atomic E-state index is 0.312. The summed E-state index contributed by atoms with van der Waals surface area (Å²) >= 11 is 0. The topological polar surface area (TPSA) is 80.3 Å². The standard InChI is InChI=1S/C18H19N3O2/c19-10-13-4-5-16-6-7-21(17(16)9-13)12-15-3-1-2-14(8-15)11-20-18(22)23/h1-9,20H,10-12,19H2,(H,22,23). The van der Waals surface area contributed by atoms with Crippen molar-refractivity contribution in [2.75, 3.05) is 0 Å². The molecule has 0 aliphatic heterocycles. The zero-order valence-corrected chi connectivity index (χ0v) is 12.7. The number of aromatic nitrogens is 1. The van der Waals surface area contributed by atoms with E-state index in [2.05, 4.69) is 34.3 Å². The molecule has 3 rings (SSSR count). The molecule has 0 unspecified atom stereocenters. The average Bonchev–Trinajstić information content (AvgIpc) is 2.95. The first-order valence-corrected chi connectivity index (χ1v) is 7.48. The van der Waals surface area contributed by atoms with Crippen LogP contribution in [0.2, 0.25) is 0 Å². The summed E-state index contributed by atoms with van der Waals surface area (Å²) in [5.74, 6) is 0. The lowest BCUT2D eigenvalue weighted by Crippen LogP contribution is -2.19. The maximum Gasteiger partial charge on any atom is 0.404 e. The minimum Gasteiger partial charge on any atom is -0.465 e. The summed E-state index contributed by atoms with van der Waals surface area (Å²) in [6, 6.07) is 16.3. The molecule has 0 radical (unpaired) electrons. The third-order valence-corrected chi connectivity index (χ3v) is 3.86. The summed E-state index contributed by atoms with van der Waals surface area (Å²) in [5, 5.41) is 12.3. The summed E-state index contributed by atoms with van der Waals surface area (Å²) in [6.45, 7) is 1.57. The normalized spacial score (nSPS) is 10.8. The van der Waals surface area contributed by atoms with E-state index in [1.165, 1.54) is 5.39 Å². The predicted molar refractivity (Wildman–Crippen MR) is 90.2 cm³/mol. The molecule has 0 aliphatic carbocycles. The van der Waals surface area contributed by atoms with E-state index in [1.54, 1.807) is 0 Å². The van der Waals surface area contributed by atoms with Crippen molar-refractivity contribution >= 4 is 17.0 Å². The highest BCUT2D eigenvalue weighted by atomic mass is 16.4. The van der Waals surface area contributed by atoms with E-state index in [1.807, 2.05) is 30.3 Å². The second kappa shape index (κ2) is 6.54. The monoisotopic (exact) mass is 309 g/mol. The fraction of sp³-hybridized carbons (Fsp3) is 0.167. The number of carboxylic acid groups (broad SMARTS) is 1. The van der Waals surface area contributed by atoms with Crippen molar-refractivity contribution < 1.29 is 9.90 Å². The van der Waals surface area contributed by atoms with Gasteiger partial charge in [0.25, 0.3) is 0 Å². The molecule has 1 aromatic heterocycles. The smallest absolute Gasteiger partial charge is 0.404 e. The maximum atomic E-state index is 10.6. The summed E-state index contributed by atoms with van der Waals surface area (Å²) in [6.07, 6.45) is 1.05. The minimum atomic E-state index is -1.01. The number of carbonyl (C=O) groups is 1. The van der Waals surface area contributed by atoms with Crippen molar-refractivity contribution in [1.82, 2.24) is 9.88 Å². The molecule has 2 aromatic carbocycles. The molecule has 0 aliphatic rings. The van der Waals surface area contributed by atoms with E-state index in [-0.39, 0.29) is 0 Å². The Morgan fingerprint density at radius 3 is 2.70 bits per heavy atom.